The average molecular weight is 341 g/mol. The summed E-state index contributed by atoms with van der Waals surface area (Å²) in [6.07, 6.45) is 0.254. The number of carbonyl (C=O) groups is 1. The van der Waals surface area contributed by atoms with Crippen LogP contribution in [0.15, 0.2) is 24.3 Å². The van der Waals surface area contributed by atoms with Gasteiger partial charge in [-0.1, -0.05) is 18.2 Å². The predicted molar refractivity (Wildman–Crippen MR) is 87.5 cm³/mol. The Morgan fingerprint density at radius 3 is 2.35 bits per heavy atom. The number of amides is 1. The molecule has 0 aliphatic carbocycles. The summed E-state index contributed by atoms with van der Waals surface area (Å²) in [6.45, 7) is 1.44. The molecule has 1 fully saturated rings. The maximum atomic E-state index is 12.4. The first kappa shape index (κ1) is 17.7. The first-order valence-corrected chi connectivity index (χ1v) is 8.83. The minimum atomic E-state index is -3.41. The monoisotopic (exact) mass is 341 g/mol. The number of carbonyl (C=O) groups excluding carboxylic acids is 1. The van der Waals surface area contributed by atoms with Crippen molar-refractivity contribution in [1.82, 2.24) is 13.5 Å². The molecule has 1 aromatic carbocycles. The third kappa shape index (κ3) is 4.01. The molecule has 0 atom stereocenters. The van der Waals surface area contributed by atoms with Gasteiger partial charge in [-0.2, -0.15) is 17.0 Å². The zero-order chi connectivity index (χ0) is 17.0. The van der Waals surface area contributed by atoms with Gasteiger partial charge in [0.25, 0.3) is 10.2 Å². The maximum absolute atomic E-state index is 12.4. The third-order valence-electron chi connectivity index (χ3n) is 3.91. The molecule has 23 heavy (non-hydrogen) atoms. The Morgan fingerprint density at radius 2 is 1.78 bits per heavy atom. The quantitative estimate of drug-likeness (QED) is 0.766. The Kier molecular flexibility index (Phi) is 5.61. The second kappa shape index (κ2) is 7.29. The van der Waals surface area contributed by atoms with Gasteiger partial charge in [0.15, 0.2) is 0 Å². The van der Waals surface area contributed by atoms with Crippen LogP contribution in [0.2, 0.25) is 0 Å². The number of para-hydroxylation sites is 1. The molecule has 0 radical (unpaired) electrons. The van der Waals surface area contributed by atoms with E-state index in [1.807, 2.05) is 24.3 Å². The highest BCUT2D eigenvalue weighted by Gasteiger charge is 2.30. The van der Waals surface area contributed by atoms with Crippen molar-refractivity contribution in [2.24, 2.45) is 0 Å². The first-order valence-electron chi connectivity index (χ1n) is 7.43. The van der Waals surface area contributed by atoms with Crippen molar-refractivity contribution in [2.75, 3.05) is 47.4 Å². The highest BCUT2D eigenvalue weighted by atomic mass is 32.2. The molecule has 0 bridgehead atoms. The van der Waals surface area contributed by atoms with Crippen LogP contribution in [0.5, 0.6) is 5.75 Å². The van der Waals surface area contributed by atoms with Gasteiger partial charge in [0.1, 0.15) is 5.75 Å². The van der Waals surface area contributed by atoms with Crippen LogP contribution in [0.25, 0.3) is 0 Å². The summed E-state index contributed by atoms with van der Waals surface area (Å²) in [4.78, 5) is 14.1. The van der Waals surface area contributed by atoms with Crippen LogP contribution >= 0.6 is 0 Å². The van der Waals surface area contributed by atoms with Crippen LogP contribution in [-0.4, -0.2) is 75.2 Å². The predicted octanol–water partition coefficient (Wildman–Crippen LogP) is 0.188. The van der Waals surface area contributed by atoms with E-state index in [-0.39, 0.29) is 12.3 Å². The topological polar surface area (TPSA) is 70.2 Å². The van der Waals surface area contributed by atoms with Gasteiger partial charge in [0, 0.05) is 45.8 Å². The van der Waals surface area contributed by atoms with E-state index in [2.05, 4.69) is 0 Å². The SMILES string of the molecule is COc1ccccc1CC(=O)N1CCN(S(=O)(=O)N(C)C)CC1. The van der Waals surface area contributed by atoms with E-state index in [4.69, 9.17) is 4.74 Å². The number of ether oxygens (including phenoxy) is 1. The molecule has 7 nitrogen and oxygen atoms in total. The highest BCUT2D eigenvalue weighted by Crippen LogP contribution is 2.19. The number of methoxy groups -OCH3 is 1. The summed E-state index contributed by atoms with van der Waals surface area (Å²) in [5.41, 5.74) is 0.836. The number of hydrogen-bond donors (Lipinski definition) is 0. The minimum absolute atomic E-state index is 0.0172. The lowest BCUT2D eigenvalue weighted by molar-refractivity contribution is -0.131. The summed E-state index contributed by atoms with van der Waals surface area (Å²) >= 11 is 0. The van der Waals surface area contributed by atoms with Crippen molar-refractivity contribution in [1.29, 1.82) is 0 Å². The maximum Gasteiger partial charge on any atom is 0.281 e. The smallest absolute Gasteiger partial charge is 0.281 e. The van der Waals surface area contributed by atoms with E-state index in [1.54, 1.807) is 12.0 Å². The highest BCUT2D eigenvalue weighted by molar-refractivity contribution is 7.86. The van der Waals surface area contributed by atoms with E-state index in [0.29, 0.717) is 31.9 Å². The van der Waals surface area contributed by atoms with E-state index < -0.39 is 10.2 Å². The van der Waals surface area contributed by atoms with E-state index >= 15 is 0 Å². The Hall–Kier alpha value is -1.64. The standard InChI is InChI=1S/C15H23N3O4S/c1-16(2)23(20,21)18-10-8-17(9-11-18)15(19)12-13-6-4-5-7-14(13)22-3/h4-7H,8-12H2,1-3H3. The summed E-state index contributed by atoms with van der Waals surface area (Å²) in [7, 11) is 1.18. The van der Waals surface area contributed by atoms with Crippen LogP contribution < -0.4 is 4.74 Å². The van der Waals surface area contributed by atoms with Crippen molar-refractivity contribution < 1.29 is 17.9 Å². The van der Waals surface area contributed by atoms with E-state index in [0.717, 1.165) is 5.56 Å². The van der Waals surface area contributed by atoms with Crippen LogP contribution in [0.3, 0.4) is 0 Å². The van der Waals surface area contributed by atoms with E-state index in [1.165, 1.54) is 22.7 Å². The van der Waals surface area contributed by atoms with Gasteiger partial charge in [-0.05, 0) is 6.07 Å². The normalized spacial score (nSPS) is 16.6. The first-order chi connectivity index (χ1) is 10.9. The van der Waals surface area contributed by atoms with Crippen molar-refractivity contribution in [3.05, 3.63) is 29.8 Å². The van der Waals surface area contributed by atoms with Gasteiger partial charge in [-0.15, -0.1) is 0 Å². The molecule has 1 aliphatic heterocycles. The summed E-state index contributed by atoms with van der Waals surface area (Å²) < 4.78 is 32.0. The molecule has 2 rings (SSSR count). The lowest BCUT2D eigenvalue weighted by Gasteiger charge is -2.35. The fourth-order valence-electron chi connectivity index (χ4n) is 2.52. The summed E-state index contributed by atoms with van der Waals surface area (Å²) in [6, 6.07) is 7.41. The fraction of sp³-hybridized carbons (Fsp3) is 0.533. The lowest BCUT2D eigenvalue weighted by Crippen LogP contribution is -2.53. The molecule has 128 valence electrons. The molecular weight excluding hydrogens is 318 g/mol. The second-order valence-electron chi connectivity index (χ2n) is 5.56. The van der Waals surface area contributed by atoms with Crippen molar-refractivity contribution in [3.8, 4) is 5.75 Å². The molecular formula is C15H23N3O4S. The van der Waals surface area contributed by atoms with Gasteiger partial charge in [-0.3, -0.25) is 4.79 Å². The van der Waals surface area contributed by atoms with Crippen LogP contribution in [0, 0.1) is 0 Å². The largest absolute Gasteiger partial charge is 0.496 e. The van der Waals surface area contributed by atoms with Crippen LogP contribution in [0.4, 0.5) is 0 Å². The zero-order valence-corrected chi connectivity index (χ0v) is 14.5. The second-order valence-corrected chi connectivity index (χ2v) is 7.70. The third-order valence-corrected chi connectivity index (χ3v) is 5.85. The number of piperazine rings is 1. The Morgan fingerprint density at radius 1 is 1.17 bits per heavy atom. The van der Waals surface area contributed by atoms with Gasteiger partial charge in [-0.25, -0.2) is 0 Å². The van der Waals surface area contributed by atoms with Crippen molar-refractivity contribution in [2.45, 2.75) is 6.42 Å². The minimum Gasteiger partial charge on any atom is -0.496 e. The fourth-order valence-corrected chi connectivity index (χ4v) is 3.61. The van der Waals surface area contributed by atoms with Gasteiger partial charge in [0.2, 0.25) is 5.91 Å². The molecule has 8 heteroatoms. The molecule has 1 aliphatic rings. The number of nitrogens with zero attached hydrogens (tertiary/aromatic N) is 3. The molecule has 0 unspecified atom stereocenters. The summed E-state index contributed by atoms with van der Waals surface area (Å²) in [5.74, 6) is 0.672. The summed E-state index contributed by atoms with van der Waals surface area (Å²) in [5, 5.41) is 0. The molecule has 0 N–H and O–H groups in total. The zero-order valence-electron chi connectivity index (χ0n) is 13.7. The number of benzene rings is 1. The Bertz CT molecular complexity index is 652. The van der Waals surface area contributed by atoms with Crippen LogP contribution in [-0.2, 0) is 21.4 Å². The Balaban J connectivity index is 1.96. The van der Waals surface area contributed by atoms with Gasteiger partial charge < -0.3 is 9.64 Å². The van der Waals surface area contributed by atoms with Gasteiger partial charge in [0.05, 0.1) is 13.5 Å². The number of rotatable bonds is 5. The van der Waals surface area contributed by atoms with Crippen LogP contribution in [0.1, 0.15) is 5.56 Å². The molecule has 1 saturated heterocycles. The molecule has 1 amide bonds. The van der Waals surface area contributed by atoms with E-state index in [9.17, 15) is 13.2 Å². The number of hydrogen-bond acceptors (Lipinski definition) is 4. The lowest BCUT2D eigenvalue weighted by atomic mass is 10.1. The molecule has 1 aromatic rings. The van der Waals surface area contributed by atoms with Gasteiger partial charge >= 0.3 is 0 Å². The molecule has 0 saturated carbocycles. The molecule has 1 heterocycles. The Labute approximate surface area is 137 Å². The molecule has 0 aromatic heterocycles. The molecule has 0 spiro atoms. The average Bonchev–Trinajstić information content (AvgIpc) is 2.55. The van der Waals surface area contributed by atoms with Crippen molar-refractivity contribution >= 4 is 16.1 Å². The van der Waals surface area contributed by atoms with Crippen molar-refractivity contribution in [3.63, 3.8) is 0 Å².